The maximum Gasteiger partial charge on any atom is 0.129 e. The number of nitrogens with zero attached hydrogens (tertiary/aromatic N) is 3. The highest BCUT2D eigenvalue weighted by Gasteiger charge is 2.02. The Bertz CT molecular complexity index is 646. The molecule has 0 radical (unpaired) electrons. The maximum absolute atomic E-state index is 5.84. The van der Waals surface area contributed by atoms with Crippen LogP contribution in [0.2, 0.25) is 5.15 Å². The fourth-order valence-corrected chi connectivity index (χ4v) is 1.94. The zero-order chi connectivity index (χ0) is 11.7. The van der Waals surface area contributed by atoms with Gasteiger partial charge in [0.25, 0.3) is 0 Å². The quantitative estimate of drug-likeness (QED) is 0.648. The van der Waals surface area contributed by atoms with Gasteiger partial charge < -0.3 is 0 Å². The summed E-state index contributed by atoms with van der Waals surface area (Å²) in [6.07, 6.45) is 1.91. The molecule has 17 heavy (non-hydrogen) atoms. The third-order valence-corrected chi connectivity index (χ3v) is 2.77. The van der Waals surface area contributed by atoms with Gasteiger partial charge in [-0.3, -0.25) is 4.68 Å². The first-order valence-corrected chi connectivity index (χ1v) is 5.73. The molecule has 0 aliphatic heterocycles. The average Bonchev–Trinajstić information content (AvgIpc) is 2.71. The summed E-state index contributed by atoms with van der Waals surface area (Å²) in [4.78, 5) is 4.22. The summed E-state index contributed by atoms with van der Waals surface area (Å²) in [7, 11) is 0. The van der Waals surface area contributed by atoms with Gasteiger partial charge in [0.15, 0.2) is 0 Å². The van der Waals surface area contributed by atoms with E-state index in [9.17, 15) is 0 Å². The Morgan fingerprint density at radius 3 is 2.65 bits per heavy atom. The van der Waals surface area contributed by atoms with E-state index in [1.807, 2.05) is 35.1 Å². The van der Waals surface area contributed by atoms with Crippen LogP contribution in [0.4, 0.5) is 0 Å². The summed E-state index contributed by atoms with van der Waals surface area (Å²) < 4.78 is 1.88. The second-order valence-corrected chi connectivity index (χ2v) is 4.24. The molecule has 0 bridgehead atoms. The molecule has 0 unspecified atom stereocenters. The van der Waals surface area contributed by atoms with Crippen LogP contribution in [0.3, 0.4) is 0 Å². The molecule has 0 fully saturated rings. The van der Waals surface area contributed by atoms with Gasteiger partial charge in [-0.1, -0.05) is 41.9 Å². The van der Waals surface area contributed by atoms with E-state index in [1.54, 1.807) is 6.07 Å². The highest BCUT2D eigenvalue weighted by molar-refractivity contribution is 6.29. The van der Waals surface area contributed by atoms with Crippen molar-refractivity contribution in [2.24, 2.45) is 0 Å². The Hall–Kier alpha value is -1.87. The molecule has 1 aromatic carbocycles. The molecule has 3 rings (SSSR count). The lowest BCUT2D eigenvalue weighted by Crippen LogP contribution is -1.99. The fourth-order valence-electron chi connectivity index (χ4n) is 1.78. The van der Waals surface area contributed by atoms with Crippen molar-refractivity contribution < 1.29 is 0 Å². The number of fused-ring (bicyclic) bond motifs is 1. The third-order valence-electron chi connectivity index (χ3n) is 2.56. The van der Waals surface area contributed by atoms with Crippen LogP contribution in [-0.2, 0) is 6.54 Å². The minimum Gasteiger partial charge on any atom is -0.265 e. The SMILES string of the molecule is Clc1ccc2nn(Cc3ccccc3)cc2n1. The average molecular weight is 244 g/mol. The lowest BCUT2D eigenvalue weighted by Gasteiger charge is -1.99. The zero-order valence-electron chi connectivity index (χ0n) is 9.05. The number of hydrogen-bond donors (Lipinski definition) is 0. The first-order valence-electron chi connectivity index (χ1n) is 5.35. The van der Waals surface area contributed by atoms with Crippen molar-refractivity contribution in [3.63, 3.8) is 0 Å². The Morgan fingerprint density at radius 2 is 1.82 bits per heavy atom. The van der Waals surface area contributed by atoms with Gasteiger partial charge in [-0.05, 0) is 17.7 Å². The molecule has 0 atom stereocenters. The number of rotatable bonds is 2. The molecule has 0 aliphatic carbocycles. The van der Waals surface area contributed by atoms with Crippen LogP contribution in [0, 0.1) is 0 Å². The number of hydrogen-bond acceptors (Lipinski definition) is 2. The van der Waals surface area contributed by atoms with E-state index < -0.39 is 0 Å². The van der Waals surface area contributed by atoms with Crippen molar-refractivity contribution in [1.29, 1.82) is 0 Å². The van der Waals surface area contributed by atoms with Gasteiger partial charge in [-0.15, -0.1) is 0 Å². The molecule has 84 valence electrons. The fraction of sp³-hybridized carbons (Fsp3) is 0.0769. The van der Waals surface area contributed by atoms with E-state index in [-0.39, 0.29) is 0 Å². The molecule has 4 heteroatoms. The van der Waals surface area contributed by atoms with Crippen LogP contribution in [0.5, 0.6) is 0 Å². The van der Waals surface area contributed by atoms with Crippen LogP contribution in [0.15, 0.2) is 48.7 Å². The van der Waals surface area contributed by atoms with E-state index in [1.165, 1.54) is 5.56 Å². The normalized spacial score (nSPS) is 10.9. The van der Waals surface area contributed by atoms with E-state index in [0.717, 1.165) is 17.6 Å². The van der Waals surface area contributed by atoms with Crippen molar-refractivity contribution in [2.75, 3.05) is 0 Å². The minimum absolute atomic E-state index is 0.497. The summed E-state index contributed by atoms with van der Waals surface area (Å²) in [6.45, 7) is 0.745. The van der Waals surface area contributed by atoms with E-state index in [4.69, 9.17) is 11.6 Å². The van der Waals surface area contributed by atoms with Crippen molar-refractivity contribution in [2.45, 2.75) is 6.54 Å². The minimum atomic E-state index is 0.497. The molecule has 0 spiro atoms. The summed E-state index contributed by atoms with van der Waals surface area (Å²) in [6, 6.07) is 13.8. The second-order valence-electron chi connectivity index (χ2n) is 3.85. The molecule has 0 aliphatic rings. The number of halogens is 1. The molecular formula is C13H10ClN3. The predicted octanol–water partition coefficient (Wildman–Crippen LogP) is 3.13. The molecule has 3 aromatic rings. The van der Waals surface area contributed by atoms with Crippen LogP contribution in [0.1, 0.15) is 5.56 Å². The summed E-state index contributed by atoms with van der Waals surface area (Å²) >= 11 is 5.84. The number of benzene rings is 1. The smallest absolute Gasteiger partial charge is 0.129 e. The van der Waals surface area contributed by atoms with Crippen LogP contribution in [-0.4, -0.2) is 14.8 Å². The predicted molar refractivity (Wildman–Crippen MR) is 68.1 cm³/mol. The van der Waals surface area contributed by atoms with Gasteiger partial charge in [-0.2, -0.15) is 5.10 Å². The summed E-state index contributed by atoms with van der Waals surface area (Å²) in [5.41, 5.74) is 2.91. The van der Waals surface area contributed by atoms with Gasteiger partial charge in [0.05, 0.1) is 12.7 Å². The number of pyridine rings is 1. The molecule has 2 aromatic heterocycles. The highest BCUT2D eigenvalue weighted by atomic mass is 35.5. The Morgan fingerprint density at radius 1 is 1.00 bits per heavy atom. The lowest BCUT2D eigenvalue weighted by atomic mass is 10.2. The van der Waals surface area contributed by atoms with Gasteiger partial charge in [-0.25, -0.2) is 4.98 Å². The van der Waals surface area contributed by atoms with Crippen LogP contribution in [0.25, 0.3) is 11.0 Å². The topological polar surface area (TPSA) is 30.7 Å². The first-order chi connectivity index (χ1) is 8.31. The van der Waals surface area contributed by atoms with Gasteiger partial charge in [0.1, 0.15) is 16.2 Å². The van der Waals surface area contributed by atoms with Crippen LogP contribution >= 0.6 is 11.6 Å². The molecule has 0 N–H and O–H groups in total. The van der Waals surface area contributed by atoms with Crippen molar-refractivity contribution >= 4 is 22.6 Å². The highest BCUT2D eigenvalue weighted by Crippen LogP contribution is 2.14. The Balaban J connectivity index is 1.96. The van der Waals surface area contributed by atoms with Crippen LogP contribution < -0.4 is 0 Å². The van der Waals surface area contributed by atoms with Crippen molar-refractivity contribution in [1.82, 2.24) is 14.8 Å². The molecule has 0 amide bonds. The van der Waals surface area contributed by atoms with Gasteiger partial charge >= 0.3 is 0 Å². The third kappa shape index (κ3) is 2.15. The van der Waals surface area contributed by atoms with E-state index in [2.05, 4.69) is 22.2 Å². The first kappa shape index (κ1) is 10.3. The molecular weight excluding hydrogens is 234 g/mol. The van der Waals surface area contributed by atoms with Gasteiger partial charge in [0, 0.05) is 0 Å². The van der Waals surface area contributed by atoms with E-state index >= 15 is 0 Å². The second kappa shape index (κ2) is 4.18. The Kier molecular flexibility index (Phi) is 2.53. The molecule has 0 saturated heterocycles. The Labute approximate surface area is 104 Å². The molecule has 3 nitrogen and oxygen atoms in total. The maximum atomic E-state index is 5.84. The summed E-state index contributed by atoms with van der Waals surface area (Å²) in [5.74, 6) is 0. The molecule has 2 heterocycles. The van der Waals surface area contributed by atoms with Gasteiger partial charge in [0.2, 0.25) is 0 Å². The summed E-state index contributed by atoms with van der Waals surface area (Å²) in [5, 5.41) is 4.94. The molecule has 0 saturated carbocycles. The zero-order valence-corrected chi connectivity index (χ0v) is 9.80. The largest absolute Gasteiger partial charge is 0.265 e. The number of aromatic nitrogens is 3. The van der Waals surface area contributed by atoms with Crippen molar-refractivity contribution in [3.8, 4) is 0 Å². The lowest BCUT2D eigenvalue weighted by molar-refractivity contribution is 0.695. The van der Waals surface area contributed by atoms with Crippen molar-refractivity contribution in [3.05, 3.63) is 59.4 Å². The standard InChI is InChI=1S/C13H10ClN3/c14-13-7-6-11-12(15-13)9-17(16-11)8-10-4-2-1-3-5-10/h1-7,9H,8H2. The van der Waals surface area contributed by atoms with E-state index in [0.29, 0.717) is 5.15 Å². The monoisotopic (exact) mass is 243 g/mol.